The molecule has 13 heavy (non-hydrogen) atoms. The van der Waals surface area contributed by atoms with Gasteiger partial charge in [0.25, 0.3) is 0 Å². The van der Waals surface area contributed by atoms with E-state index in [4.69, 9.17) is 23.7 Å². The molecule has 0 rings (SSSR count). The summed E-state index contributed by atoms with van der Waals surface area (Å²) in [5, 5.41) is 0. The molecule has 0 saturated carbocycles. The zero-order valence-corrected chi connectivity index (χ0v) is 8.93. The van der Waals surface area contributed by atoms with Crippen LogP contribution in [0.25, 0.3) is 0 Å². The van der Waals surface area contributed by atoms with Crippen LogP contribution >= 0.6 is 12.2 Å². The molecule has 4 nitrogen and oxygen atoms in total. The molecule has 0 radical (unpaired) electrons. The van der Waals surface area contributed by atoms with Gasteiger partial charge in [-0.15, -0.1) is 0 Å². The Kier molecular flexibility index (Phi) is 5.57. The first-order valence-electron chi connectivity index (χ1n) is 4.24. The first-order chi connectivity index (χ1) is 5.93. The highest BCUT2D eigenvalue weighted by atomic mass is 32.1. The Hall–Kier alpha value is -0.680. The van der Waals surface area contributed by atoms with Crippen molar-refractivity contribution in [2.75, 3.05) is 13.1 Å². The average molecular weight is 203 g/mol. The molecule has 0 heterocycles. The number of carbonyl (C=O) groups excluding carboxylic acids is 1. The van der Waals surface area contributed by atoms with Gasteiger partial charge in [0, 0.05) is 25.6 Å². The molecule has 0 bridgehead atoms. The van der Waals surface area contributed by atoms with Crippen LogP contribution in [0.15, 0.2) is 0 Å². The lowest BCUT2D eigenvalue weighted by molar-refractivity contribution is -0.118. The highest BCUT2D eigenvalue weighted by molar-refractivity contribution is 7.80. The molecule has 0 aliphatic carbocycles. The predicted molar refractivity (Wildman–Crippen MR) is 57.3 cm³/mol. The van der Waals surface area contributed by atoms with Crippen molar-refractivity contribution in [1.29, 1.82) is 0 Å². The Morgan fingerprint density at radius 1 is 1.46 bits per heavy atom. The van der Waals surface area contributed by atoms with Gasteiger partial charge in [-0.05, 0) is 13.8 Å². The summed E-state index contributed by atoms with van der Waals surface area (Å²) >= 11 is 4.79. The molecule has 0 aromatic heterocycles. The summed E-state index contributed by atoms with van der Waals surface area (Å²) in [6.07, 6.45) is 0.348. The van der Waals surface area contributed by atoms with Gasteiger partial charge in [-0.25, -0.2) is 0 Å². The van der Waals surface area contributed by atoms with Gasteiger partial charge in [0.05, 0.1) is 4.99 Å². The second-order valence-electron chi connectivity index (χ2n) is 3.25. The molecule has 0 saturated heterocycles. The summed E-state index contributed by atoms with van der Waals surface area (Å²) in [5.74, 6) is -0.298. The van der Waals surface area contributed by atoms with Crippen LogP contribution in [0.4, 0.5) is 0 Å². The molecule has 76 valence electrons. The van der Waals surface area contributed by atoms with Crippen LogP contribution in [-0.2, 0) is 4.79 Å². The number of thiocarbonyl (C=S) groups is 1. The number of carbonyl (C=O) groups is 1. The number of nitrogens with zero attached hydrogens (tertiary/aromatic N) is 1. The van der Waals surface area contributed by atoms with E-state index in [0.717, 1.165) is 0 Å². The molecule has 0 aromatic rings. The SMILES string of the molecule is CC(C)N(CCC(N)=O)CC(N)=S. The van der Waals surface area contributed by atoms with E-state index in [2.05, 4.69) is 0 Å². The standard InChI is InChI=1S/C8H17N3OS/c1-6(2)11(5-8(10)13)4-3-7(9)12/h6H,3-5H2,1-2H3,(H2,9,12)(H2,10,13). The summed E-state index contributed by atoms with van der Waals surface area (Å²) in [5.41, 5.74) is 10.5. The molecule has 0 fully saturated rings. The molecule has 0 aromatic carbocycles. The van der Waals surface area contributed by atoms with Crippen molar-refractivity contribution >= 4 is 23.1 Å². The third-order valence-corrected chi connectivity index (χ3v) is 1.86. The Morgan fingerprint density at radius 3 is 2.31 bits per heavy atom. The Bertz CT molecular complexity index is 194. The third-order valence-electron chi connectivity index (χ3n) is 1.73. The maximum Gasteiger partial charge on any atom is 0.218 e. The minimum absolute atomic E-state index is 0.298. The predicted octanol–water partition coefficient (Wildman–Crippen LogP) is -0.142. The Morgan fingerprint density at radius 2 is 2.00 bits per heavy atom. The molecule has 4 N–H and O–H groups in total. The normalized spacial score (nSPS) is 10.8. The van der Waals surface area contributed by atoms with Crippen LogP contribution in [0.3, 0.4) is 0 Å². The zero-order valence-electron chi connectivity index (χ0n) is 8.12. The van der Waals surface area contributed by atoms with Crippen molar-refractivity contribution in [3.05, 3.63) is 0 Å². The van der Waals surface area contributed by atoms with Crippen molar-refractivity contribution in [2.45, 2.75) is 26.3 Å². The molecular formula is C8H17N3OS. The van der Waals surface area contributed by atoms with Crippen LogP contribution in [0.2, 0.25) is 0 Å². The number of rotatable bonds is 6. The maximum atomic E-state index is 10.5. The second kappa shape index (κ2) is 5.88. The Labute approximate surface area is 84.3 Å². The van der Waals surface area contributed by atoms with Gasteiger partial charge in [-0.2, -0.15) is 0 Å². The fourth-order valence-corrected chi connectivity index (χ4v) is 1.14. The monoisotopic (exact) mass is 203 g/mol. The van der Waals surface area contributed by atoms with Crippen LogP contribution in [-0.4, -0.2) is 34.9 Å². The summed E-state index contributed by atoms with van der Waals surface area (Å²) < 4.78 is 0. The fraction of sp³-hybridized carbons (Fsp3) is 0.750. The summed E-state index contributed by atoms with van der Waals surface area (Å²) in [6, 6.07) is 0.320. The van der Waals surface area contributed by atoms with E-state index in [1.807, 2.05) is 18.7 Å². The highest BCUT2D eigenvalue weighted by Crippen LogP contribution is 1.98. The number of amides is 1. The molecule has 0 aliphatic rings. The zero-order chi connectivity index (χ0) is 10.4. The van der Waals surface area contributed by atoms with Crippen molar-refractivity contribution in [2.24, 2.45) is 11.5 Å². The minimum Gasteiger partial charge on any atom is -0.392 e. The van der Waals surface area contributed by atoms with Crippen molar-refractivity contribution in [1.82, 2.24) is 4.90 Å². The summed E-state index contributed by atoms with van der Waals surface area (Å²) in [4.78, 5) is 13.0. The molecule has 0 spiro atoms. The lowest BCUT2D eigenvalue weighted by atomic mass is 10.3. The van der Waals surface area contributed by atoms with Gasteiger partial charge in [0.2, 0.25) is 5.91 Å². The largest absolute Gasteiger partial charge is 0.392 e. The van der Waals surface area contributed by atoms with Gasteiger partial charge >= 0.3 is 0 Å². The number of nitrogens with two attached hydrogens (primary N) is 2. The lowest BCUT2D eigenvalue weighted by Gasteiger charge is -2.24. The summed E-state index contributed by atoms with van der Waals surface area (Å²) in [6.45, 7) is 5.21. The van der Waals surface area contributed by atoms with E-state index < -0.39 is 0 Å². The van der Waals surface area contributed by atoms with Gasteiger partial charge < -0.3 is 11.5 Å². The van der Waals surface area contributed by atoms with Crippen molar-refractivity contribution in [3.8, 4) is 0 Å². The molecule has 0 unspecified atom stereocenters. The maximum absolute atomic E-state index is 10.5. The van der Waals surface area contributed by atoms with E-state index in [1.54, 1.807) is 0 Å². The van der Waals surface area contributed by atoms with Crippen LogP contribution in [0, 0.1) is 0 Å². The van der Waals surface area contributed by atoms with Gasteiger partial charge in [0.15, 0.2) is 0 Å². The van der Waals surface area contributed by atoms with Crippen molar-refractivity contribution in [3.63, 3.8) is 0 Å². The lowest BCUT2D eigenvalue weighted by Crippen LogP contribution is -2.39. The minimum atomic E-state index is -0.298. The molecular weight excluding hydrogens is 186 g/mol. The smallest absolute Gasteiger partial charge is 0.218 e. The van der Waals surface area contributed by atoms with E-state index in [9.17, 15) is 4.79 Å². The highest BCUT2D eigenvalue weighted by Gasteiger charge is 2.10. The van der Waals surface area contributed by atoms with Crippen LogP contribution in [0.1, 0.15) is 20.3 Å². The van der Waals surface area contributed by atoms with E-state index in [-0.39, 0.29) is 5.91 Å². The fourth-order valence-electron chi connectivity index (χ4n) is 0.974. The quantitative estimate of drug-likeness (QED) is 0.589. The van der Waals surface area contributed by atoms with Crippen LogP contribution < -0.4 is 11.5 Å². The number of primary amides is 1. The first-order valence-corrected chi connectivity index (χ1v) is 4.65. The van der Waals surface area contributed by atoms with Gasteiger partial charge in [-0.1, -0.05) is 12.2 Å². The molecule has 0 aliphatic heterocycles. The van der Waals surface area contributed by atoms with Crippen LogP contribution in [0.5, 0.6) is 0 Å². The number of hydrogen-bond donors (Lipinski definition) is 2. The van der Waals surface area contributed by atoms with E-state index in [1.165, 1.54) is 0 Å². The second-order valence-corrected chi connectivity index (χ2v) is 3.77. The molecule has 5 heteroatoms. The average Bonchev–Trinajstić information content (AvgIpc) is 1.96. The summed E-state index contributed by atoms with van der Waals surface area (Å²) in [7, 11) is 0. The topological polar surface area (TPSA) is 72.3 Å². The Balaban J connectivity index is 3.95. The molecule has 1 amide bonds. The molecule has 0 atom stereocenters. The first kappa shape index (κ1) is 12.3. The third kappa shape index (κ3) is 6.48. The van der Waals surface area contributed by atoms with Gasteiger partial charge in [-0.3, -0.25) is 9.69 Å². The van der Waals surface area contributed by atoms with E-state index >= 15 is 0 Å². The van der Waals surface area contributed by atoms with E-state index in [0.29, 0.717) is 30.5 Å². The number of hydrogen-bond acceptors (Lipinski definition) is 3. The van der Waals surface area contributed by atoms with Crippen molar-refractivity contribution < 1.29 is 4.79 Å². The van der Waals surface area contributed by atoms with Gasteiger partial charge in [0.1, 0.15) is 0 Å².